The summed E-state index contributed by atoms with van der Waals surface area (Å²) in [6.45, 7) is 8.36. The molecule has 6 nitrogen and oxygen atoms in total. The highest BCUT2D eigenvalue weighted by atomic mass is 15.3. The maximum absolute atomic E-state index is 5.14. The molecule has 6 heteroatoms. The van der Waals surface area contributed by atoms with Crippen LogP contribution in [0.4, 0.5) is 0 Å². The zero-order chi connectivity index (χ0) is 20.6. The van der Waals surface area contributed by atoms with Crippen LogP contribution in [0.3, 0.4) is 0 Å². The first-order valence-corrected chi connectivity index (χ1v) is 10.6. The molecule has 2 aliphatic rings. The third kappa shape index (κ3) is 2.43. The molecule has 0 saturated heterocycles. The Morgan fingerprint density at radius 2 is 1.90 bits per heavy atom. The van der Waals surface area contributed by atoms with Crippen LogP contribution in [-0.4, -0.2) is 29.0 Å². The normalized spacial score (nSPS) is 20.5. The summed E-state index contributed by atoms with van der Waals surface area (Å²) in [5, 5.41) is 4.80. The molecule has 0 N–H and O–H groups in total. The molecule has 0 aliphatic heterocycles. The van der Waals surface area contributed by atoms with Gasteiger partial charge in [-0.1, -0.05) is 18.2 Å². The molecule has 150 valence electrons. The van der Waals surface area contributed by atoms with Crippen LogP contribution in [0, 0.1) is 20.8 Å². The smallest absolute Gasteiger partial charge is 0.177 e. The molecule has 2 atom stereocenters. The van der Waals surface area contributed by atoms with E-state index in [0.29, 0.717) is 11.8 Å². The van der Waals surface area contributed by atoms with Crippen molar-refractivity contribution in [3.63, 3.8) is 0 Å². The molecule has 0 aromatic carbocycles. The average Bonchev–Trinajstić information content (AvgIpc) is 3.33. The number of allylic oxidation sites excluding steroid dienone is 3. The summed E-state index contributed by atoms with van der Waals surface area (Å²) >= 11 is 0. The number of imidazole rings is 1. The topological polar surface area (TPSA) is 60.4 Å². The third-order valence-corrected chi connectivity index (χ3v) is 6.58. The number of aromatic nitrogens is 6. The van der Waals surface area contributed by atoms with E-state index in [2.05, 4.69) is 53.7 Å². The highest BCUT2D eigenvalue weighted by molar-refractivity contribution is 5.82. The number of hydrogen-bond acceptors (Lipinski definition) is 4. The molecule has 4 heterocycles. The van der Waals surface area contributed by atoms with E-state index in [0.717, 1.165) is 41.3 Å². The van der Waals surface area contributed by atoms with Crippen LogP contribution in [0.2, 0.25) is 0 Å². The summed E-state index contributed by atoms with van der Waals surface area (Å²) in [6.07, 6.45) is 12.8. The molecular weight excluding hydrogens is 372 g/mol. The van der Waals surface area contributed by atoms with Crippen molar-refractivity contribution in [3.05, 3.63) is 70.3 Å². The fraction of sp³-hybridized carbons (Fsp3) is 0.333. The van der Waals surface area contributed by atoms with Gasteiger partial charge in [0, 0.05) is 35.5 Å². The fourth-order valence-electron chi connectivity index (χ4n) is 4.71. The molecule has 1 saturated carbocycles. The van der Waals surface area contributed by atoms with Crippen LogP contribution in [0.15, 0.2) is 30.6 Å². The van der Waals surface area contributed by atoms with Gasteiger partial charge in [0.1, 0.15) is 5.65 Å². The number of hydrogen-bond donors (Lipinski definition) is 0. The Labute approximate surface area is 175 Å². The highest BCUT2D eigenvalue weighted by Crippen LogP contribution is 2.54. The maximum atomic E-state index is 5.14. The van der Waals surface area contributed by atoms with E-state index >= 15 is 0 Å². The van der Waals surface area contributed by atoms with Crippen molar-refractivity contribution in [2.24, 2.45) is 0 Å². The molecule has 4 aromatic rings. The van der Waals surface area contributed by atoms with E-state index in [1.165, 1.54) is 28.1 Å². The second-order valence-corrected chi connectivity index (χ2v) is 8.58. The van der Waals surface area contributed by atoms with Crippen LogP contribution in [0.5, 0.6) is 0 Å². The first kappa shape index (κ1) is 17.6. The van der Waals surface area contributed by atoms with Crippen molar-refractivity contribution in [1.82, 2.24) is 29.0 Å². The lowest BCUT2D eigenvalue weighted by Gasteiger charge is -2.07. The van der Waals surface area contributed by atoms with Gasteiger partial charge in [-0.2, -0.15) is 5.10 Å². The van der Waals surface area contributed by atoms with Crippen molar-refractivity contribution >= 4 is 22.9 Å². The Balaban J connectivity index is 1.43. The van der Waals surface area contributed by atoms with Gasteiger partial charge in [0.2, 0.25) is 0 Å². The summed E-state index contributed by atoms with van der Waals surface area (Å²) in [4.78, 5) is 14.4. The first-order chi connectivity index (χ1) is 14.5. The van der Waals surface area contributed by atoms with Gasteiger partial charge in [0.25, 0.3) is 0 Å². The molecule has 2 aliphatic carbocycles. The molecule has 0 spiro atoms. The number of fused-ring (bicyclic) bond motifs is 4. The minimum absolute atomic E-state index is 0.322. The van der Waals surface area contributed by atoms with Gasteiger partial charge in [-0.3, -0.25) is 4.98 Å². The number of pyridine rings is 1. The summed E-state index contributed by atoms with van der Waals surface area (Å²) in [5.41, 5.74) is 10.1. The lowest BCUT2D eigenvalue weighted by Crippen LogP contribution is -1.97. The molecule has 0 amide bonds. The lowest BCUT2D eigenvalue weighted by atomic mass is 10.0. The molecule has 6 rings (SSSR count). The highest BCUT2D eigenvalue weighted by Gasteiger charge is 2.45. The third-order valence-electron chi connectivity index (χ3n) is 6.58. The van der Waals surface area contributed by atoms with Gasteiger partial charge in [-0.05, 0) is 57.7 Å². The van der Waals surface area contributed by atoms with Crippen LogP contribution in [0.1, 0.15) is 71.3 Å². The van der Waals surface area contributed by atoms with Crippen molar-refractivity contribution in [3.8, 4) is 0 Å². The Bertz CT molecular complexity index is 1360. The van der Waals surface area contributed by atoms with E-state index in [-0.39, 0.29) is 0 Å². The van der Waals surface area contributed by atoms with Crippen molar-refractivity contribution in [1.29, 1.82) is 0 Å². The lowest BCUT2D eigenvalue weighted by molar-refractivity contribution is 0.827. The van der Waals surface area contributed by atoms with E-state index in [9.17, 15) is 0 Å². The quantitative estimate of drug-likeness (QED) is 0.489. The zero-order valence-electron chi connectivity index (χ0n) is 17.7. The first-order valence-electron chi connectivity index (χ1n) is 10.6. The van der Waals surface area contributed by atoms with Crippen LogP contribution in [-0.2, 0) is 0 Å². The van der Waals surface area contributed by atoms with E-state index in [1.54, 1.807) is 0 Å². The fourth-order valence-corrected chi connectivity index (χ4v) is 4.71. The molecule has 2 unspecified atom stereocenters. The standard InChI is InChI=1S/C24H24N6/c1-13-7-5-6-8-18-17(13)9-10-29-16(4)21(26-24(18)29)19-11-20(19)22-27-23-15(3)25-12-14(2)30(23)28-22/h6-10,12,19-20H,5,11H2,1-4H3. The van der Waals surface area contributed by atoms with Gasteiger partial charge in [0.05, 0.1) is 17.1 Å². The zero-order valence-corrected chi connectivity index (χ0v) is 17.7. The van der Waals surface area contributed by atoms with Crippen LogP contribution >= 0.6 is 0 Å². The second-order valence-electron chi connectivity index (χ2n) is 8.58. The Kier molecular flexibility index (Phi) is 3.58. The van der Waals surface area contributed by atoms with Gasteiger partial charge in [-0.15, -0.1) is 0 Å². The Hall–Kier alpha value is -3.28. The van der Waals surface area contributed by atoms with Crippen molar-refractivity contribution < 1.29 is 0 Å². The molecule has 1 fully saturated rings. The van der Waals surface area contributed by atoms with E-state index in [1.807, 2.05) is 24.6 Å². The predicted octanol–water partition coefficient (Wildman–Crippen LogP) is 4.79. The van der Waals surface area contributed by atoms with E-state index < -0.39 is 0 Å². The van der Waals surface area contributed by atoms with Crippen LogP contribution in [0.25, 0.3) is 22.9 Å². The molecule has 0 radical (unpaired) electrons. The average molecular weight is 396 g/mol. The van der Waals surface area contributed by atoms with E-state index in [4.69, 9.17) is 15.1 Å². The minimum Gasteiger partial charge on any atom is -0.304 e. The van der Waals surface area contributed by atoms with Gasteiger partial charge >= 0.3 is 0 Å². The number of aryl methyl sites for hydroxylation is 3. The molecule has 0 bridgehead atoms. The van der Waals surface area contributed by atoms with Gasteiger partial charge in [0.15, 0.2) is 11.5 Å². The maximum Gasteiger partial charge on any atom is 0.177 e. The summed E-state index contributed by atoms with van der Waals surface area (Å²) in [6, 6.07) is 2.22. The minimum atomic E-state index is 0.322. The Morgan fingerprint density at radius 1 is 1.03 bits per heavy atom. The van der Waals surface area contributed by atoms with Crippen molar-refractivity contribution in [2.45, 2.75) is 52.4 Å². The second kappa shape index (κ2) is 6.11. The van der Waals surface area contributed by atoms with Gasteiger partial charge in [-0.25, -0.2) is 14.5 Å². The van der Waals surface area contributed by atoms with Gasteiger partial charge < -0.3 is 4.40 Å². The number of nitrogens with zero attached hydrogens (tertiary/aromatic N) is 6. The summed E-state index contributed by atoms with van der Waals surface area (Å²) < 4.78 is 4.16. The van der Waals surface area contributed by atoms with Crippen molar-refractivity contribution in [2.75, 3.05) is 0 Å². The monoisotopic (exact) mass is 396 g/mol. The SMILES string of the molecule is CC1=CCC=Cc2c1ccn1c(C)c(C3CC3c3nc4c(C)ncc(C)n4n3)nc21. The largest absolute Gasteiger partial charge is 0.304 e. The summed E-state index contributed by atoms with van der Waals surface area (Å²) in [5.74, 6) is 1.61. The Morgan fingerprint density at radius 3 is 2.73 bits per heavy atom. The van der Waals surface area contributed by atoms with Crippen LogP contribution < -0.4 is 0 Å². The summed E-state index contributed by atoms with van der Waals surface area (Å²) in [7, 11) is 0. The molecule has 30 heavy (non-hydrogen) atoms. The predicted molar refractivity (Wildman–Crippen MR) is 118 cm³/mol. The molecular formula is C24H24N6. The molecule has 4 aromatic heterocycles. The number of rotatable bonds is 2.